The third-order valence-corrected chi connectivity index (χ3v) is 3.94. The molecule has 0 saturated heterocycles. The predicted octanol–water partition coefficient (Wildman–Crippen LogP) is 3.17. The number of halogens is 1. The van der Waals surface area contributed by atoms with Gasteiger partial charge in [0.1, 0.15) is 11.6 Å². The summed E-state index contributed by atoms with van der Waals surface area (Å²) in [5.41, 5.74) is 1.09. The van der Waals surface area contributed by atoms with Crippen LogP contribution >= 0.6 is 11.6 Å². The van der Waals surface area contributed by atoms with Crippen LogP contribution in [0.1, 0.15) is 37.7 Å². The van der Waals surface area contributed by atoms with Gasteiger partial charge in [-0.25, -0.2) is 9.97 Å². The molecule has 0 aromatic carbocycles. The van der Waals surface area contributed by atoms with Gasteiger partial charge in [-0.3, -0.25) is 0 Å². The predicted molar refractivity (Wildman–Crippen MR) is 71.6 cm³/mol. The van der Waals surface area contributed by atoms with Crippen LogP contribution in [0.2, 0.25) is 0 Å². The third kappa shape index (κ3) is 3.32. The van der Waals surface area contributed by atoms with Crippen LogP contribution in [-0.4, -0.2) is 21.9 Å². The molecule has 0 amide bonds. The maximum Gasteiger partial charge on any atom is 0.129 e. The molecule has 2 rings (SSSR count). The Morgan fingerprint density at radius 3 is 2.88 bits per heavy atom. The lowest BCUT2D eigenvalue weighted by Gasteiger charge is -2.15. The minimum absolute atomic E-state index is 0.330. The second-order valence-electron chi connectivity index (χ2n) is 4.73. The molecule has 94 valence electrons. The zero-order chi connectivity index (χ0) is 12.3. The van der Waals surface area contributed by atoms with Crippen LogP contribution in [0.3, 0.4) is 0 Å². The van der Waals surface area contributed by atoms with Crippen LogP contribution in [0, 0.1) is 12.8 Å². The molecule has 2 atom stereocenters. The van der Waals surface area contributed by atoms with Gasteiger partial charge in [0, 0.05) is 23.7 Å². The molecule has 1 aromatic rings. The summed E-state index contributed by atoms with van der Waals surface area (Å²) in [5, 5.41) is 3.73. The molecule has 4 heteroatoms. The number of hydrogen-bond donors (Lipinski definition) is 1. The monoisotopic (exact) mass is 253 g/mol. The fourth-order valence-electron chi connectivity index (χ4n) is 2.36. The van der Waals surface area contributed by atoms with Gasteiger partial charge in [-0.05, 0) is 32.1 Å². The maximum absolute atomic E-state index is 6.26. The number of anilines is 1. The molecule has 0 spiro atoms. The van der Waals surface area contributed by atoms with E-state index in [1.165, 1.54) is 12.8 Å². The smallest absolute Gasteiger partial charge is 0.129 e. The molecule has 0 bridgehead atoms. The van der Waals surface area contributed by atoms with E-state index in [1.807, 2.05) is 13.0 Å². The van der Waals surface area contributed by atoms with Crippen molar-refractivity contribution in [3.8, 4) is 0 Å². The lowest BCUT2D eigenvalue weighted by atomic mass is 10.1. The quantitative estimate of drug-likeness (QED) is 0.838. The lowest BCUT2D eigenvalue weighted by Crippen LogP contribution is -2.19. The van der Waals surface area contributed by atoms with Crippen LogP contribution < -0.4 is 5.32 Å². The number of hydrogen-bond acceptors (Lipinski definition) is 3. The fraction of sp³-hybridized carbons (Fsp3) is 0.692. The normalized spacial score (nSPS) is 23.9. The van der Waals surface area contributed by atoms with E-state index < -0.39 is 0 Å². The number of nitrogens with zero attached hydrogens (tertiary/aromatic N) is 2. The van der Waals surface area contributed by atoms with Crippen LogP contribution in [0.25, 0.3) is 0 Å². The highest BCUT2D eigenvalue weighted by Crippen LogP contribution is 2.30. The number of aryl methyl sites for hydroxylation is 2. The van der Waals surface area contributed by atoms with E-state index in [-0.39, 0.29) is 0 Å². The van der Waals surface area contributed by atoms with Crippen molar-refractivity contribution in [1.29, 1.82) is 0 Å². The summed E-state index contributed by atoms with van der Waals surface area (Å²) in [7, 11) is 0. The van der Waals surface area contributed by atoms with Crippen molar-refractivity contribution in [2.75, 3.05) is 11.9 Å². The Hall–Kier alpha value is -0.830. The van der Waals surface area contributed by atoms with Crippen molar-refractivity contribution < 1.29 is 0 Å². The highest BCUT2D eigenvalue weighted by atomic mass is 35.5. The maximum atomic E-state index is 6.26. The zero-order valence-corrected chi connectivity index (χ0v) is 11.3. The summed E-state index contributed by atoms with van der Waals surface area (Å²) in [5.74, 6) is 2.35. The fourth-order valence-corrected chi connectivity index (χ4v) is 2.73. The van der Waals surface area contributed by atoms with Gasteiger partial charge in [-0.2, -0.15) is 0 Å². The molecular formula is C13H20ClN3. The first-order valence-electron chi connectivity index (χ1n) is 6.41. The summed E-state index contributed by atoms with van der Waals surface area (Å²) in [6, 6.07) is 2.03. The Labute approximate surface area is 108 Å². The van der Waals surface area contributed by atoms with Gasteiger partial charge in [0.05, 0.1) is 0 Å². The van der Waals surface area contributed by atoms with Gasteiger partial charge in [0.25, 0.3) is 0 Å². The molecule has 1 aliphatic carbocycles. The minimum atomic E-state index is 0.330. The second kappa shape index (κ2) is 5.67. The highest BCUT2D eigenvalue weighted by Gasteiger charge is 2.24. The van der Waals surface area contributed by atoms with Crippen LogP contribution in [-0.2, 0) is 6.42 Å². The van der Waals surface area contributed by atoms with E-state index in [1.54, 1.807) is 0 Å². The lowest BCUT2D eigenvalue weighted by molar-refractivity contribution is 0.585. The topological polar surface area (TPSA) is 37.8 Å². The summed E-state index contributed by atoms with van der Waals surface area (Å²) >= 11 is 6.26. The van der Waals surface area contributed by atoms with Crippen molar-refractivity contribution in [1.82, 2.24) is 9.97 Å². The number of alkyl halides is 1. The number of nitrogens with one attached hydrogen (secondary N) is 1. The molecule has 1 heterocycles. The van der Waals surface area contributed by atoms with E-state index in [4.69, 9.17) is 11.6 Å². The van der Waals surface area contributed by atoms with Crippen molar-refractivity contribution in [2.24, 2.45) is 5.92 Å². The Morgan fingerprint density at radius 1 is 1.41 bits per heavy atom. The molecule has 3 nitrogen and oxygen atoms in total. The SMILES string of the molecule is CCc1cc(NCC2CCCC2Cl)nc(C)n1. The van der Waals surface area contributed by atoms with Gasteiger partial charge >= 0.3 is 0 Å². The van der Waals surface area contributed by atoms with E-state index in [9.17, 15) is 0 Å². The van der Waals surface area contributed by atoms with Crippen LogP contribution in [0.4, 0.5) is 5.82 Å². The second-order valence-corrected chi connectivity index (χ2v) is 5.29. The van der Waals surface area contributed by atoms with Crippen LogP contribution in [0.5, 0.6) is 0 Å². The van der Waals surface area contributed by atoms with Crippen molar-refractivity contribution in [2.45, 2.75) is 44.9 Å². The molecule has 0 radical (unpaired) electrons. The minimum Gasteiger partial charge on any atom is -0.370 e. The molecule has 0 aliphatic heterocycles. The summed E-state index contributed by atoms with van der Waals surface area (Å²) in [6.07, 6.45) is 4.58. The molecule has 1 aliphatic rings. The van der Waals surface area contributed by atoms with Crippen molar-refractivity contribution in [3.63, 3.8) is 0 Å². The first-order valence-corrected chi connectivity index (χ1v) is 6.85. The highest BCUT2D eigenvalue weighted by molar-refractivity contribution is 6.20. The van der Waals surface area contributed by atoms with Gasteiger partial charge in [0.15, 0.2) is 0 Å². The molecular weight excluding hydrogens is 234 g/mol. The average Bonchev–Trinajstić information content (AvgIpc) is 2.71. The third-order valence-electron chi connectivity index (χ3n) is 3.36. The zero-order valence-electron chi connectivity index (χ0n) is 10.5. The summed E-state index contributed by atoms with van der Waals surface area (Å²) < 4.78 is 0. The first-order chi connectivity index (χ1) is 8.19. The largest absolute Gasteiger partial charge is 0.370 e. The average molecular weight is 254 g/mol. The van der Waals surface area contributed by atoms with Gasteiger partial charge in [-0.15, -0.1) is 11.6 Å². The van der Waals surface area contributed by atoms with Gasteiger partial charge in [0.2, 0.25) is 0 Å². The molecule has 17 heavy (non-hydrogen) atoms. The Balaban J connectivity index is 1.96. The van der Waals surface area contributed by atoms with E-state index in [0.29, 0.717) is 11.3 Å². The molecule has 1 saturated carbocycles. The summed E-state index contributed by atoms with van der Waals surface area (Å²) in [4.78, 5) is 8.77. The van der Waals surface area contributed by atoms with Crippen LogP contribution in [0.15, 0.2) is 6.07 Å². The first kappa shape index (κ1) is 12.6. The number of aromatic nitrogens is 2. The molecule has 1 fully saturated rings. The van der Waals surface area contributed by atoms with Crippen molar-refractivity contribution in [3.05, 3.63) is 17.6 Å². The molecule has 2 unspecified atom stereocenters. The standard InChI is InChI=1S/C13H20ClN3/c1-3-11-7-13(17-9(2)16-11)15-8-10-5-4-6-12(10)14/h7,10,12H,3-6,8H2,1-2H3,(H,15,16,17). The number of rotatable bonds is 4. The van der Waals surface area contributed by atoms with Crippen molar-refractivity contribution >= 4 is 17.4 Å². The van der Waals surface area contributed by atoms with E-state index >= 15 is 0 Å². The van der Waals surface area contributed by atoms with E-state index in [0.717, 1.165) is 36.7 Å². The Kier molecular flexibility index (Phi) is 4.21. The molecule has 1 aromatic heterocycles. The summed E-state index contributed by atoms with van der Waals surface area (Å²) in [6.45, 7) is 4.97. The Bertz CT molecular complexity index is 381. The van der Waals surface area contributed by atoms with Gasteiger partial charge in [-0.1, -0.05) is 13.3 Å². The molecule has 1 N–H and O–H groups in total. The van der Waals surface area contributed by atoms with E-state index in [2.05, 4.69) is 22.2 Å². The Morgan fingerprint density at radius 2 is 2.24 bits per heavy atom. The van der Waals surface area contributed by atoms with Gasteiger partial charge < -0.3 is 5.32 Å².